The standard InChI is InChI=1S/C14H18N2O3/c15-12-5-3-4-11(10-12)7-8-13(17)16-9-2-1-6-14(18)19/h3-5,7-8,10H,1-2,6,9,15H2,(H,16,17)(H,18,19)/b8-7+. The maximum atomic E-state index is 11.5. The highest BCUT2D eigenvalue weighted by atomic mass is 16.4. The first-order chi connectivity index (χ1) is 9.08. The number of anilines is 1. The molecular formula is C14H18N2O3. The van der Waals surface area contributed by atoms with E-state index in [1.54, 1.807) is 18.2 Å². The van der Waals surface area contributed by atoms with Crippen molar-refractivity contribution < 1.29 is 14.7 Å². The number of carbonyl (C=O) groups is 2. The molecule has 5 nitrogen and oxygen atoms in total. The number of carbonyl (C=O) groups excluding carboxylic acids is 1. The zero-order valence-corrected chi connectivity index (χ0v) is 10.6. The molecule has 0 saturated heterocycles. The van der Waals surface area contributed by atoms with Gasteiger partial charge in [-0.25, -0.2) is 0 Å². The predicted molar refractivity (Wildman–Crippen MR) is 74.4 cm³/mol. The van der Waals surface area contributed by atoms with Gasteiger partial charge in [0.15, 0.2) is 0 Å². The summed E-state index contributed by atoms with van der Waals surface area (Å²) in [6, 6.07) is 7.22. The highest BCUT2D eigenvalue weighted by molar-refractivity contribution is 5.91. The number of nitrogens with one attached hydrogen (secondary N) is 1. The Balaban J connectivity index is 2.25. The smallest absolute Gasteiger partial charge is 0.303 e. The van der Waals surface area contributed by atoms with E-state index in [4.69, 9.17) is 10.8 Å². The zero-order valence-electron chi connectivity index (χ0n) is 10.6. The van der Waals surface area contributed by atoms with Gasteiger partial charge in [0.2, 0.25) is 5.91 Å². The SMILES string of the molecule is Nc1cccc(/C=C/C(=O)NCCCCC(=O)O)c1. The molecular weight excluding hydrogens is 244 g/mol. The minimum absolute atomic E-state index is 0.134. The van der Waals surface area contributed by atoms with Crippen molar-refractivity contribution in [2.45, 2.75) is 19.3 Å². The van der Waals surface area contributed by atoms with Gasteiger partial charge in [0.25, 0.3) is 0 Å². The van der Waals surface area contributed by atoms with Crippen molar-refractivity contribution >= 4 is 23.6 Å². The third-order valence-corrected chi connectivity index (χ3v) is 2.45. The molecule has 0 aliphatic heterocycles. The molecule has 0 spiro atoms. The summed E-state index contributed by atoms with van der Waals surface area (Å²) in [6.07, 6.45) is 4.47. The van der Waals surface area contributed by atoms with Crippen molar-refractivity contribution in [3.8, 4) is 0 Å². The molecule has 4 N–H and O–H groups in total. The maximum Gasteiger partial charge on any atom is 0.303 e. The van der Waals surface area contributed by atoms with Crippen LogP contribution in [0.5, 0.6) is 0 Å². The molecule has 0 aliphatic rings. The van der Waals surface area contributed by atoms with Crippen LogP contribution in [0.1, 0.15) is 24.8 Å². The lowest BCUT2D eigenvalue weighted by Crippen LogP contribution is -2.22. The number of carboxylic acid groups (broad SMARTS) is 1. The van der Waals surface area contributed by atoms with Gasteiger partial charge in [0, 0.05) is 24.7 Å². The molecule has 1 amide bonds. The summed E-state index contributed by atoms with van der Waals surface area (Å²) < 4.78 is 0. The average molecular weight is 262 g/mol. The average Bonchev–Trinajstić information content (AvgIpc) is 2.35. The van der Waals surface area contributed by atoms with Crippen LogP contribution in [-0.2, 0) is 9.59 Å². The lowest BCUT2D eigenvalue weighted by molar-refractivity contribution is -0.137. The molecule has 1 aromatic carbocycles. The highest BCUT2D eigenvalue weighted by Gasteiger charge is 1.98. The third kappa shape index (κ3) is 6.88. The molecule has 0 atom stereocenters. The fourth-order valence-corrected chi connectivity index (χ4v) is 1.51. The van der Waals surface area contributed by atoms with Gasteiger partial charge in [0.05, 0.1) is 0 Å². The molecule has 0 fully saturated rings. The molecule has 19 heavy (non-hydrogen) atoms. The van der Waals surface area contributed by atoms with Crippen LogP contribution in [-0.4, -0.2) is 23.5 Å². The normalized spacial score (nSPS) is 10.5. The van der Waals surface area contributed by atoms with E-state index in [2.05, 4.69) is 5.32 Å². The largest absolute Gasteiger partial charge is 0.481 e. The number of unbranched alkanes of at least 4 members (excludes halogenated alkanes) is 1. The van der Waals surface area contributed by atoms with E-state index in [0.717, 1.165) is 5.56 Å². The fraction of sp³-hybridized carbons (Fsp3) is 0.286. The number of hydrogen-bond acceptors (Lipinski definition) is 3. The molecule has 5 heteroatoms. The van der Waals surface area contributed by atoms with Crippen LogP contribution < -0.4 is 11.1 Å². The summed E-state index contributed by atoms with van der Waals surface area (Å²) >= 11 is 0. The Morgan fingerprint density at radius 1 is 1.32 bits per heavy atom. The number of aliphatic carboxylic acids is 1. The Labute approximate surface area is 112 Å². The second-order valence-corrected chi connectivity index (χ2v) is 4.15. The number of benzene rings is 1. The third-order valence-electron chi connectivity index (χ3n) is 2.45. The molecule has 1 rings (SSSR count). The summed E-state index contributed by atoms with van der Waals surface area (Å²) in [5.74, 6) is -1.01. The van der Waals surface area contributed by atoms with E-state index in [1.807, 2.05) is 12.1 Å². The van der Waals surface area contributed by atoms with Gasteiger partial charge >= 0.3 is 5.97 Å². The number of carboxylic acids is 1. The summed E-state index contributed by atoms with van der Waals surface area (Å²) in [5, 5.41) is 11.1. The van der Waals surface area contributed by atoms with Crippen LogP contribution in [0.25, 0.3) is 6.08 Å². The van der Waals surface area contributed by atoms with Gasteiger partial charge in [0.1, 0.15) is 0 Å². The topological polar surface area (TPSA) is 92.4 Å². The Bertz CT molecular complexity index is 470. The molecule has 102 valence electrons. The van der Waals surface area contributed by atoms with Crippen LogP contribution in [0.2, 0.25) is 0 Å². The number of amides is 1. The van der Waals surface area contributed by atoms with E-state index in [0.29, 0.717) is 25.1 Å². The number of rotatable bonds is 7. The van der Waals surface area contributed by atoms with Gasteiger partial charge in [-0.3, -0.25) is 9.59 Å². The van der Waals surface area contributed by atoms with Crippen LogP contribution in [0.4, 0.5) is 5.69 Å². The van der Waals surface area contributed by atoms with Gasteiger partial charge in [-0.15, -0.1) is 0 Å². The van der Waals surface area contributed by atoms with Crippen LogP contribution in [0.15, 0.2) is 30.3 Å². The second-order valence-electron chi connectivity index (χ2n) is 4.15. The Hall–Kier alpha value is -2.30. The molecule has 0 aromatic heterocycles. The monoisotopic (exact) mass is 262 g/mol. The predicted octanol–water partition coefficient (Wildman–Crippen LogP) is 1.65. The molecule has 0 saturated carbocycles. The first-order valence-corrected chi connectivity index (χ1v) is 6.11. The quantitative estimate of drug-likeness (QED) is 0.396. The summed E-state index contributed by atoms with van der Waals surface area (Å²) in [6.45, 7) is 0.480. The lowest BCUT2D eigenvalue weighted by atomic mass is 10.2. The first kappa shape index (κ1) is 14.8. The fourth-order valence-electron chi connectivity index (χ4n) is 1.51. The summed E-state index contributed by atoms with van der Waals surface area (Å²) in [5.41, 5.74) is 7.13. The van der Waals surface area contributed by atoms with Crippen LogP contribution in [0, 0.1) is 0 Å². The highest BCUT2D eigenvalue weighted by Crippen LogP contribution is 2.07. The molecule has 1 aromatic rings. The van der Waals surface area contributed by atoms with E-state index in [-0.39, 0.29) is 12.3 Å². The molecule has 0 bridgehead atoms. The molecule has 0 aliphatic carbocycles. The summed E-state index contributed by atoms with van der Waals surface area (Å²) in [4.78, 5) is 21.7. The van der Waals surface area contributed by atoms with E-state index < -0.39 is 5.97 Å². The maximum absolute atomic E-state index is 11.5. The van der Waals surface area contributed by atoms with Crippen LogP contribution >= 0.6 is 0 Å². The zero-order chi connectivity index (χ0) is 14.1. The van der Waals surface area contributed by atoms with E-state index in [9.17, 15) is 9.59 Å². The molecule has 0 heterocycles. The molecule has 0 radical (unpaired) electrons. The summed E-state index contributed by atoms with van der Waals surface area (Å²) in [7, 11) is 0. The number of nitrogens with two attached hydrogens (primary N) is 1. The van der Waals surface area contributed by atoms with Gasteiger partial charge in [-0.2, -0.15) is 0 Å². The molecule has 0 unspecified atom stereocenters. The van der Waals surface area contributed by atoms with Gasteiger partial charge in [-0.1, -0.05) is 12.1 Å². The number of nitrogen functional groups attached to an aromatic ring is 1. The van der Waals surface area contributed by atoms with Gasteiger partial charge in [-0.05, 0) is 36.6 Å². The van der Waals surface area contributed by atoms with Crippen LogP contribution in [0.3, 0.4) is 0 Å². The van der Waals surface area contributed by atoms with E-state index >= 15 is 0 Å². The van der Waals surface area contributed by atoms with Gasteiger partial charge < -0.3 is 16.2 Å². The second kappa shape index (κ2) is 7.92. The Morgan fingerprint density at radius 2 is 2.11 bits per heavy atom. The van der Waals surface area contributed by atoms with E-state index in [1.165, 1.54) is 6.08 Å². The van der Waals surface area contributed by atoms with Crippen molar-refractivity contribution in [1.29, 1.82) is 0 Å². The Kier molecular flexibility index (Phi) is 6.15. The number of hydrogen-bond donors (Lipinski definition) is 3. The lowest BCUT2D eigenvalue weighted by Gasteiger charge is -2.01. The van der Waals surface area contributed by atoms with Crippen molar-refractivity contribution in [3.63, 3.8) is 0 Å². The van der Waals surface area contributed by atoms with Crippen molar-refractivity contribution in [3.05, 3.63) is 35.9 Å². The minimum atomic E-state index is -0.812. The van der Waals surface area contributed by atoms with Crippen molar-refractivity contribution in [2.75, 3.05) is 12.3 Å². The minimum Gasteiger partial charge on any atom is -0.481 e. The van der Waals surface area contributed by atoms with Crippen molar-refractivity contribution in [1.82, 2.24) is 5.32 Å². The Morgan fingerprint density at radius 3 is 2.79 bits per heavy atom. The van der Waals surface area contributed by atoms with Crippen molar-refractivity contribution in [2.24, 2.45) is 0 Å². The first-order valence-electron chi connectivity index (χ1n) is 6.11.